The first-order valence-electron chi connectivity index (χ1n) is 6.97. The van der Waals surface area contributed by atoms with E-state index in [1.165, 1.54) is 0 Å². The fourth-order valence-corrected chi connectivity index (χ4v) is 4.51. The van der Waals surface area contributed by atoms with Crippen LogP contribution in [0.1, 0.15) is 19.2 Å². The van der Waals surface area contributed by atoms with Gasteiger partial charge in [-0.1, -0.05) is 12.1 Å². The number of hydrogen-bond donors (Lipinski definition) is 1. The zero-order valence-corrected chi connectivity index (χ0v) is 12.4. The van der Waals surface area contributed by atoms with Gasteiger partial charge < -0.3 is 9.88 Å². The zero-order chi connectivity index (χ0) is 14.2. The predicted octanol–water partition coefficient (Wildman–Crippen LogP) is 1.33. The SMILES string of the molecule is CCn1c(CN[C@@H]2CCS(=O)(=O)C2)nc2ccccc21. The Hall–Kier alpha value is -1.40. The van der Waals surface area contributed by atoms with Gasteiger partial charge in [-0.3, -0.25) is 0 Å². The Morgan fingerprint density at radius 2 is 2.20 bits per heavy atom. The highest BCUT2D eigenvalue weighted by molar-refractivity contribution is 7.91. The Balaban J connectivity index is 1.78. The molecule has 2 aromatic rings. The molecule has 1 saturated heterocycles. The van der Waals surface area contributed by atoms with Gasteiger partial charge in [0.15, 0.2) is 9.84 Å². The van der Waals surface area contributed by atoms with Crippen LogP contribution in [0.15, 0.2) is 24.3 Å². The van der Waals surface area contributed by atoms with Gasteiger partial charge in [0, 0.05) is 12.6 Å². The molecule has 0 saturated carbocycles. The van der Waals surface area contributed by atoms with Crippen molar-refractivity contribution >= 4 is 20.9 Å². The summed E-state index contributed by atoms with van der Waals surface area (Å²) in [5.41, 5.74) is 2.12. The van der Waals surface area contributed by atoms with Gasteiger partial charge in [0.2, 0.25) is 0 Å². The zero-order valence-electron chi connectivity index (χ0n) is 11.5. The summed E-state index contributed by atoms with van der Waals surface area (Å²) in [5.74, 6) is 1.52. The minimum atomic E-state index is -2.83. The van der Waals surface area contributed by atoms with Gasteiger partial charge in [0.25, 0.3) is 0 Å². The number of nitrogens with one attached hydrogen (secondary N) is 1. The van der Waals surface area contributed by atoms with Gasteiger partial charge in [-0.15, -0.1) is 0 Å². The molecule has 0 radical (unpaired) electrons. The van der Waals surface area contributed by atoms with Crippen molar-refractivity contribution in [3.05, 3.63) is 30.1 Å². The highest BCUT2D eigenvalue weighted by atomic mass is 32.2. The molecule has 20 heavy (non-hydrogen) atoms. The fourth-order valence-electron chi connectivity index (χ4n) is 2.80. The van der Waals surface area contributed by atoms with Crippen molar-refractivity contribution in [3.63, 3.8) is 0 Å². The smallest absolute Gasteiger partial charge is 0.151 e. The number of benzene rings is 1. The molecule has 3 rings (SSSR count). The topological polar surface area (TPSA) is 64.0 Å². The minimum absolute atomic E-state index is 0.0603. The second-order valence-electron chi connectivity index (χ2n) is 5.24. The lowest BCUT2D eigenvalue weighted by Gasteiger charge is -2.11. The third-order valence-electron chi connectivity index (χ3n) is 3.83. The molecule has 1 aromatic heterocycles. The summed E-state index contributed by atoms with van der Waals surface area (Å²) in [5, 5.41) is 3.33. The number of sulfone groups is 1. The Kier molecular flexibility index (Phi) is 3.52. The van der Waals surface area contributed by atoms with Gasteiger partial charge in [0.05, 0.1) is 29.1 Å². The largest absolute Gasteiger partial charge is 0.327 e. The van der Waals surface area contributed by atoms with Crippen LogP contribution in [0.2, 0.25) is 0 Å². The molecular formula is C14H19N3O2S. The maximum Gasteiger partial charge on any atom is 0.151 e. The van der Waals surface area contributed by atoms with Crippen molar-refractivity contribution in [1.29, 1.82) is 0 Å². The molecule has 108 valence electrons. The molecule has 2 heterocycles. The lowest BCUT2D eigenvalue weighted by molar-refractivity contribution is 0.529. The highest BCUT2D eigenvalue weighted by Crippen LogP contribution is 2.17. The quantitative estimate of drug-likeness (QED) is 0.924. The molecule has 0 aliphatic carbocycles. The third-order valence-corrected chi connectivity index (χ3v) is 5.60. The number of nitrogens with zero attached hydrogens (tertiary/aromatic N) is 2. The van der Waals surface area contributed by atoms with E-state index in [0.29, 0.717) is 18.7 Å². The van der Waals surface area contributed by atoms with E-state index < -0.39 is 9.84 Å². The van der Waals surface area contributed by atoms with Crippen molar-refractivity contribution in [2.45, 2.75) is 32.5 Å². The summed E-state index contributed by atoms with van der Waals surface area (Å²) in [7, 11) is -2.83. The van der Waals surface area contributed by atoms with Gasteiger partial charge in [-0.05, 0) is 25.5 Å². The summed E-state index contributed by atoms with van der Waals surface area (Å²) in [6.45, 7) is 3.57. The molecule has 5 nitrogen and oxygen atoms in total. The maximum atomic E-state index is 11.5. The fraction of sp³-hybridized carbons (Fsp3) is 0.500. The van der Waals surface area contributed by atoms with Crippen LogP contribution in [0.3, 0.4) is 0 Å². The summed E-state index contributed by atoms with van der Waals surface area (Å²) < 4.78 is 25.1. The molecule has 0 amide bonds. The molecule has 0 unspecified atom stereocenters. The molecule has 1 fully saturated rings. The van der Waals surface area contributed by atoms with Crippen LogP contribution < -0.4 is 5.32 Å². The van der Waals surface area contributed by atoms with E-state index in [-0.39, 0.29) is 11.8 Å². The van der Waals surface area contributed by atoms with Crippen molar-refractivity contribution < 1.29 is 8.42 Å². The first-order chi connectivity index (χ1) is 9.59. The number of hydrogen-bond acceptors (Lipinski definition) is 4. The Labute approximate surface area is 118 Å². The second-order valence-corrected chi connectivity index (χ2v) is 7.47. The van der Waals surface area contributed by atoms with Crippen LogP contribution in [0.5, 0.6) is 0 Å². The van der Waals surface area contributed by atoms with Crippen LogP contribution >= 0.6 is 0 Å². The van der Waals surface area contributed by atoms with Gasteiger partial charge in [-0.25, -0.2) is 13.4 Å². The Morgan fingerprint density at radius 3 is 2.90 bits per heavy atom. The number of rotatable bonds is 4. The molecule has 1 atom stereocenters. The Bertz CT molecular complexity index is 721. The number of fused-ring (bicyclic) bond motifs is 1. The average Bonchev–Trinajstić information content (AvgIpc) is 2.95. The molecule has 0 spiro atoms. The van der Waals surface area contributed by atoms with Crippen molar-refractivity contribution in [2.75, 3.05) is 11.5 Å². The first kappa shape index (κ1) is 13.6. The molecule has 1 aromatic carbocycles. The Morgan fingerprint density at radius 1 is 1.40 bits per heavy atom. The average molecular weight is 293 g/mol. The molecule has 1 aliphatic heterocycles. The summed E-state index contributed by atoms with van der Waals surface area (Å²) in [4.78, 5) is 4.63. The lowest BCUT2D eigenvalue weighted by Crippen LogP contribution is -2.30. The van der Waals surface area contributed by atoms with Crippen molar-refractivity contribution in [1.82, 2.24) is 14.9 Å². The lowest BCUT2D eigenvalue weighted by atomic mass is 10.2. The number of imidazole rings is 1. The van der Waals surface area contributed by atoms with Crippen LogP contribution in [0, 0.1) is 0 Å². The van der Waals surface area contributed by atoms with E-state index in [4.69, 9.17) is 0 Å². The van der Waals surface area contributed by atoms with E-state index in [9.17, 15) is 8.42 Å². The monoisotopic (exact) mass is 293 g/mol. The molecule has 6 heteroatoms. The number of aromatic nitrogens is 2. The number of aryl methyl sites for hydroxylation is 1. The van der Waals surface area contributed by atoms with Crippen LogP contribution in [0.4, 0.5) is 0 Å². The number of para-hydroxylation sites is 2. The van der Waals surface area contributed by atoms with Crippen LogP contribution in [0.25, 0.3) is 11.0 Å². The standard InChI is InChI=1S/C14H19N3O2S/c1-2-17-13-6-4-3-5-12(13)16-14(17)9-15-11-7-8-20(18,19)10-11/h3-6,11,15H,2,7-10H2,1H3/t11-/m1/s1. The minimum Gasteiger partial charge on any atom is -0.327 e. The van der Waals surface area contributed by atoms with Gasteiger partial charge >= 0.3 is 0 Å². The van der Waals surface area contributed by atoms with E-state index in [1.54, 1.807) is 0 Å². The summed E-state index contributed by atoms with van der Waals surface area (Å²) in [6, 6.07) is 8.12. The molecule has 1 N–H and O–H groups in total. The van der Waals surface area contributed by atoms with E-state index in [0.717, 1.165) is 23.4 Å². The molecule has 0 bridgehead atoms. The second kappa shape index (κ2) is 5.18. The third kappa shape index (κ3) is 2.58. The van der Waals surface area contributed by atoms with Gasteiger partial charge in [0.1, 0.15) is 5.82 Å². The molecule has 1 aliphatic rings. The van der Waals surface area contributed by atoms with E-state index >= 15 is 0 Å². The summed E-state index contributed by atoms with van der Waals surface area (Å²) >= 11 is 0. The predicted molar refractivity (Wildman–Crippen MR) is 79.3 cm³/mol. The van der Waals surface area contributed by atoms with Crippen molar-refractivity contribution in [3.8, 4) is 0 Å². The molecular weight excluding hydrogens is 274 g/mol. The van der Waals surface area contributed by atoms with E-state index in [2.05, 4.69) is 27.9 Å². The first-order valence-corrected chi connectivity index (χ1v) is 8.79. The normalized spacial score (nSPS) is 21.6. The summed E-state index contributed by atoms with van der Waals surface area (Å²) in [6.07, 6.45) is 0.703. The van der Waals surface area contributed by atoms with E-state index in [1.807, 2.05) is 18.2 Å². The van der Waals surface area contributed by atoms with Crippen molar-refractivity contribution in [2.24, 2.45) is 0 Å². The van der Waals surface area contributed by atoms with Crippen LogP contribution in [-0.4, -0.2) is 35.5 Å². The highest BCUT2D eigenvalue weighted by Gasteiger charge is 2.27. The maximum absolute atomic E-state index is 11.5. The van der Waals surface area contributed by atoms with Crippen LogP contribution in [-0.2, 0) is 22.9 Å². The van der Waals surface area contributed by atoms with Gasteiger partial charge in [-0.2, -0.15) is 0 Å².